The number of pyridine rings is 1. The van der Waals surface area contributed by atoms with Crippen molar-refractivity contribution in [1.82, 2.24) is 18.8 Å². The van der Waals surface area contributed by atoms with Crippen LogP contribution in [0.1, 0.15) is 48.5 Å². The molecule has 3 heterocycles. The molecule has 4 rings (SSSR count). The highest BCUT2D eigenvalue weighted by Crippen LogP contribution is 2.34. The topological polar surface area (TPSA) is 79.2 Å². The number of fused-ring (bicyclic) bond motifs is 1. The minimum Gasteiger partial charge on any atom is -0.453 e. The van der Waals surface area contributed by atoms with Gasteiger partial charge in [-0.05, 0) is 86.5 Å². The van der Waals surface area contributed by atoms with Crippen molar-refractivity contribution in [3.05, 3.63) is 59.9 Å². The van der Waals surface area contributed by atoms with E-state index < -0.39 is 6.09 Å². The predicted molar refractivity (Wildman–Crippen MR) is 134 cm³/mol. The van der Waals surface area contributed by atoms with Crippen molar-refractivity contribution in [3.8, 4) is 0 Å². The fraction of sp³-hybridized carbons (Fsp3) is 0.400. The Morgan fingerprint density at radius 2 is 1.85 bits per heavy atom. The average molecular weight is 482 g/mol. The first kappa shape index (κ1) is 24.1. The van der Waals surface area contributed by atoms with Crippen LogP contribution in [0.25, 0.3) is 5.52 Å². The highest BCUT2D eigenvalue weighted by molar-refractivity contribution is 7.97. The van der Waals surface area contributed by atoms with E-state index in [4.69, 9.17) is 0 Å². The molecule has 1 fully saturated rings. The molecule has 0 radical (unpaired) electrons. The SMILES string of the molecule is CCN(CC)C(=O)c1cnn2ccc(C3CCN(Sc4ccc(NC(=O)OC)cc4)CC3)cc12. The van der Waals surface area contributed by atoms with Crippen molar-refractivity contribution in [1.29, 1.82) is 0 Å². The van der Waals surface area contributed by atoms with Gasteiger partial charge in [0.15, 0.2) is 0 Å². The minimum absolute atomic E-state index is 0.0381. The van der Waals surface area contributed by atoms with E-state index in [1.807, 2.05) is 49.2 Å². The zero-order chi connectivity index (χ0) is 24.1. The molecule has 2 aromatic heterocycles. The van der Waals surface area contributed by atoms with Gasteiger partial charge in [-0.3, -0.25) is 10.1 Å². The number of aromatic nitrogens is 2. The lowest BCUT2D eigenvalue weighted by molar-refractivity contribution is 0.0775. The molecule has 1 aromatic carbocycles. The van der Waals surface area contributed by atoms with Crippen LogP contribution in [0.2, 0.25) is 0 Å². The molecule has 0 aliphatic carbocycles. The number of rotatable bonds is 7. The number of nitrogens with one attached hydrogen (secondary N) is 1. The molecule has 0 atom stereocenters. The van der Waals surface area contributed by atoms with Gasteiger partial charge in [0.2, 0.25) is 0 Å². The monoisotopic (exact) mass is 481 g/mol. The molecule has 0 unspecified atom stereocenters. The molecule has 1 aliphatic rings. The van der Waals surface area contributed by atoms with Gasteiger partial charge < -0.3 is 9.64 Å². The summed E-state index contributed by atoms with van der Waals surface area (Å²) >= 11 is 1.74. The van der Waals surface area contributed by atoms with Crippen molar-refractivity contribution in [2.24, 2.45) is 0 Å². The van der Waals surface area contributed by atoms with Gasteiger partial charge in [-0.25, -0.2) is 13.6 Å². The smallest absolute Gasteiger partial charge is 0.411 e. The van der Waals surface area contributed by atoms with Gasteiger partial charge in [0.25, 0.3) is 5.91 Å². The number of amides is 2. The second kappa shape index (κ2) is 10.9. The average Bonchev–Trinajstić information content (AvgIpc) is 3.29. The molecule has 34 heavy (non-hydrogen) atoms. The van der Waals surface area contributed by atoms with Crippen molar-refractivity contribution < 1.29 is 14.3 Å². The van der Waals surface area contributed by atoms with Crippen molar-refractivity contribution in [3.63, 3.8) is 0 Å². The Bertz CT molecular complexity index is 1140. The van der Waals surface area contributed by atoms with Gasteiger partial charge in [-0.2, -0.15) is 5.10 Å². The Hall–Kier alpha value is -3.04. The van der Waals surface area contributed by atoms with Crippen LogP contribution in [0, 0.1) is 0 Å². The summed E-state index contributed by atoms with van der Waals surface area (Å²) in [6, 6.07) is 12.0. The van der Waals surface area contributed by atoms with Crippen LogP contribution in [0.5, 0.6) is 0 Å². The van der Waals surface area contributed by atoms with Gasteiger partial charge >= 0.3 is 6.09 Å². The lowest BCUT2D eigenvalue weighted by Crippen LogP contribution is -2.30. The summed E-state index contributed by atoms with van der Waals surface area (Å²) in [6.45, 7) is 7.33. The number of ether oxygens (including phenoxy) is 1. The predicted octanol–water partition coefficient (Wildman–Crippen LogP) is 4.88. The number of hydrogen-bond donors (Lipinski definition) is 1. The summed E-state index contributed by atoms with van der Waals surface area (Å²) in [4.78, 5) is 27.2. The van der Waals surface area contributed by atoms with E-state index in [0.29, 0.717) is 30.3 Å². The Kier molecular flexibility index (Phi) is 7.74. The number of nitrogens with zero attached hydrogens (tertiary/aromatic N) is 4. The fourth-order valence-corrected chi connectivity index (χ4v) is 5.24. The third-order valence-corrected chi connectivity index (χ3v) is 7.38. The van der Waals surface area contributed by atoms with E-state index in [2.05, 4.69) is 31.6 Å². The van der Waals surface area contributed by atoms with E-state index in [1.165, 1.54) is 12.7 Å². The second-order valence-corrected chi connectivity index (χ2v) is 9.43. The number of carbonyl (C=O) groups is 2. The third kappa shape index (κ3) is 5.37. The summed E-state index contributed by atoms with van der Waals surface area (Å²) in [7, 11) is 1.35. The standard InChI is InChI=1S/C25H31N5O3S/c1-4-28(5-2)24(31)22-17-26-30-15-12-19(16-23(22)30)18-10-13-29(14-11-18)34-21-8-6-20(7-9-21)27-25(32)33-3/h6-9,12,15-18H,4-5,10-11,13-14H2,1-3H3,(H,27,32). The molecule has 9 heteroatoms. The summed E-state index contributed by atoms with van der Waals surface area (Å²) < 4.78 is 8.80. The zero-order valence-corrected chi connectivity index (χ0v) is 20.7. The number of hydrogen-bond acceptors (Lipinski definition) is 6. The maximum Gasteiger partial charge on any atom is 0.411 e. The molecule has 1 aliphatic heterocycles. The quantitative estimate of drug-likeness (QED) is 0.485. The minimum atomic E-state index is -0.471. The maximum atomic E-state index is 12.9. The Balaban J connectivity index is 1.38. The summed E-state index contributed by atoms with van der Waals surface area (Å²) in [5, 5.41) is 7.06. The highest BCUT2D eigenvalue weighted by atomic mass is 32.2. The van der Waals surface area contributed by atoms with Crippen LogP contribution in [0.3, 0.4) is 0 Å². The fourth-order valence-electron chi connectivity index (χ4n) is 4.29. The Morgan fingerprint density at radius 3 is 2.50 bits per heavy atom. The lowest BCUT2D eigenvalue weighted by Gasteiger charge is -2.31. The third-order valence-electron chi connectivity index (χ3n) is 6.27. The van der Waals surface area contributed by atoms with E-state index in [-0.39, 0.29) is 5.91 Å². The number of benzene rings is 1. The first-order valence-electron chi connectivity index (χ1n) is 11.7. The highest BCUT2D eigenvalue weighted by Gasteiger charge is 2.23. The largest absolute Gasteiger partial charge is 0.453 e. The molecule has 180 valence electrons. The lowest BCUT2D eigenvalue weighted by atomic mass is 9.90. The van der Waals surface area contributed by atoms with Crippen LogP contribution >= 0.6 is 11.9 Å². The van der Waals surface area contributed by atoms with Crippen LogP contribution in [0.4, 0.5) is 10.5 Å². The zero-order valence-electron chi connectivity index (χ0n) is 19.9. The molecular weight excluding hydrogens is 450 g/mol. The van der Waals surface area contributed by atoms with E-state index in [1.54, 1.807) is 22.7 Å². The van der Waals surface area contributed by atoms with E-state index in [0.717, 1.165) is 36.3 Å². The first-order valence-corrected chi connectivity index (χ1v) is 12.4. The number of piperidine rings is 1. The molecule has 8 nitrogen and oxygen atoms in total. The van der Waals surface area contributed by atoms with Gasteiger partial charge in [-0.1, -0.05) is 0 Å². The van der Waals surface area contributed by atoms with Gasteiger partial charge in [-0.15, -0.1) is 0 Å². The Morgan fingerprint density at radius 1 is 1.15 bits per heavy atom. The van der Waals surface area contributed by atoms with Crippen LogP contribution in [0.15, 0.2) is 53.7 Å². The summed E-state index contributed by atoms with van der Waals surface area (Å²) in [5.41, 5.74) is 3.53. The number of anilines is 1. The van der Waals surface area contributed by atoms with Crippen LogP contribution in [-0.4, -0.2) is 64.1 Å². The van der Waals surface area contributed by atoms with E-state index in [9.17, 15) is 9.59 Å². The van der Waals surface area contributed by atoms with Crippen molar-refractivity contribution >= 4 is 35.2 Å². The summed E-state index contributed by atoms with van der Waals surface area (Å²) in [5.74, 6) is 0.496. The maximum absolute atomic E-state index is 12.9. The number of methoxy groups -OCH3 is 1. The van der Waals surface area contributed by atoms with Crippen LogP contribution in [-0.2, 0) is 4.74 Å². The van der Waals surface area contributed by atoms with Gasteiger partial charge in [0, 0.05) is 43.0 Å². The van der Waals surface area contributed by atoms with Gasteiger partial charge in [0.1, 0.15) is 0 Å². The molecule has 0 bridgehead atoms. The Labute approximate surface area is 204 Å². The molecule has 1 saturated heterocycles. The van der Waals surface area contributed by atoms with Crippen LogP contribution < -0.4 is 5.32 Å². The molecule has 0 spiro atoms. The molecule has 2 amide bonds. The number of carbonyl (C=O) groups excluding carboxylic acids is 2. The van der Waals surface area contributed by atoms with Crippen molar-refractivity contribution in [2.45, 2.75) is 37.5 Å². The summed E-state index contributed by atoms with van der Waals surface area (Å²) in [6.07, 6.45) is 5.29. The first-order chi connectivity index (χ1) is 16.5. The molecule has 0 saturated carbocycles. The second-order valence-electron chi connectivity index (χ2n) is 8.26. The van der Waals surface area contributed by atoms with Crippen molar-refractivity contribution in [2.75, 3.05) is 38.6 Å². The molecule has 3 aromatic rings. The van der Waals surface area contributed by atoms with E-state index >= 15 is 0 Å². The molecular formula is C25H31N5O3S. The normalized spacial score (nSPS) is 14.8. The van der Waals surface area contributed by atoms with Gasteiger partial charge in [0.05, 0.1) is 24.4 Å². The molecule has 1 N–H and O–H groups in total.